The number of hydrogen-bond donors (Lipinski definition) is 1. The lowest BCUT2D eigenvalue weighted by atomic mass is 10.2. The number of anilines is 1. The number of ether oxygens (including phenoxy) is 1. The monoisotopic (exact) mass is 261 g/mol. The molecule has 0 saturated heterocycles. The summed E-state index contributed by atoms with van der Waals surface area (Å²) < 4.78 is 5.95. The van der Waals surface area contributed by atoms with E-state index in [9.17, 15) is 0 Å². The van der Waals surface area contributed by atoms with Crippen molar-refractivity contribution < 1.29 is 4.74 Å². The molecule has 1 aliphatic rings. The van der Waals surface area contributed by atoms with Gasteiger partial charge >= 0.3 is 0 Å². The number of fused-ring (bicyclic) bond motifs is 1. The Labute approximate surface area is 115 Å². The summed E-state index contributed by atoms with van der Waals surface area (Å²) in [5, 5.41) is 0. The van der Waals surface area contributed by atoms with Gasteiger partial charge in [-0.25, -0.2) is 4.99 Å². The van der Waals surface area contributed by atoms with Crippen LogP contribution in [0.2, 0.25) is 0 Å². The minimum Gasteiger partial charge on any atom is -0.481 e. The number of nitrogen functional groups attached to an aromatic ring is 1. The second-order valence-electron chi connectivity index (χ2n) is 4.94. The maximum absolute atomic E-state index is 5.95. The summed E-state index contributed by atoms with van der Waals surface area (Å²) in [6, 6.07) is 5.62. The van der Waals surface area contributed by atoms with E-state index in [1.54, 1.807) is 0 Å². The summed E-state index contributed by atoms with van der Waals surface area (Å²) in [6.07, 6.45) is 2.21. The Morgan fingerprint density at radius 3 is 2.58 bits per heavy atom. The fourth-order valence-corrected chi connectivity index (χ4v) is 2.39. The number of nitrogens with two attached hydrogens (primary N) is 1. The summed E-state index contributed by atoms with van der Waals surface area (Å²) in [6.45, 7) is 8.44. The zero-order chi connectivity index (χ0) is 13.8. The van der Waals surface area contributed by atoms with Crippen molar-refractivity contribution in [3.8, 4) is 5.75 Å². The van der Waals surface area contributed by atoms with Crippen LogP contribution < -0.4 is 10.5 Å². The van der Waals surface area contributed by atoms with Crippen LogP contribution in [0.3, 0.4) is 0 Å². The highest BCUT2D eigenvalue weighted by Gasteiger charge is 2.24. The Bertz CT molecular complexity index is 464. The van der Waals surface area contributed by atoms with E-state index >= 15 is 0 Å². The van der Waals surface area contributed by atoms with E-state index in [-0.39, 0.29) is 6.10 Å². The third kappa shape index (κ3) is 3.00. The SMILES string of the molecule is CCCN(CCC)C1=Nc2cc(N)ccc2OC1C. The number of hydrogen-bond acceptors (Lipinski definition) is 4. The first-order valence-electron chi connectivity index (χ1n) is 7.05. The largest absolute Gasteiger partial charge is 0.481 e. The first-order valence-corrected chi connectivity index (χ1v) is 7.05. The Kier molecular flexibility index (Phi) is 4.30. The second-order valence-corrected chi connectivity index (χ2v) is 4.94. The molecule has 1 aromatic carbocycles. The highest BCUT2D eigenvalue weighted by Crippen LogP contribution is 2.34. The molecule has 0 aliphatic carbocycles. The molecular weight excluding hydrogens is 238 g/mol. The summed E-state index contributed by atoms with van der Waals surface area (Å²) in [4.78, 5) is 7.08. The average Bonchev–Trinajstić information content (AvgIpc) is 2.38. The lowest BCUT2D eigenvalue weighted by molar-refractivity contribution is 0.253. The van der Waals surface area contributed by atoms with Crippen LogP contribution in [0.1, 0.15) is 33.6 Å². The molecule has 1 unspecified atom stereocenters. The van der Waals surface area contributed by atoms with Crippen molar-refractivity contribution >= 4 is 17.2 Å². The van der Waals surface area contributed by atoms with Gasteiger partial charge in [0.1, 0.15) is 17.3 Å². The predicted octanol–water partition coefficient (Wildman–Crippen LogP) is 3.20. The van der Waals surface area contributed by atoms with Crippen molar-refractivity contribution in [2.45, 2.75) is 39.7 Å². The Balaban J connectivity index is 2.32. The number of nitrogens with zero attached hydrogens (tertiary/aromatic N) is 2. The van der Waals surface area contributed by atoms with Gasteiger partial charge in [0.15, 0.2) is 6.10 Å². The zero-order valence-corrected chi connectivity index (χ0v) is 12.0. The van der Waals surface area contributed by atoms with Crippen molar-refractivity contribution in [3.63, 3.8) is 0 Å². The van der Waals surface area contributed by atoms with Gasteiger partial charge in [-0.1, -0.05) is 13.8 Å². The average molecular weight is 261 g/mol. The molecule has 0 bridgehead atoms. The third-order valence-electron chi connectivity index (χ3n) is 3.20. The van der Waals surface area contributed by atoms with Gasteiger partial charge in [-0.05, 0) is 38.0 Å². The van der Waals surface area contributed by atoms with Crippen molar-refractivity contribution in [3.05, 3.63) is 18.2 Å². The molecule has 4 nitrogen and oxygen atoms in total. The lowest BCUT2D eigenvalue weighted by Gasteiger charge is -2.32. The topological polar surface area (TPSA) is 50.8 Å². The van der Waals surface area contributed by atoms with Gasteiger partial charge in [0.25, 0.3) is 0 Å². The first-order chi connectivity index (χ1) is 9.15. The van der Waals surface area contributed by atoms with Gasteiger partial charge in [0.05, 0.1) is 0 Å². The van der Waals surface area contributed by atoms with E-state index in [4.69, 9.17) is 15.5 Å². The van der Waals surface area contributed by atoms with Gasteiger partial charge in [0, 0.05) is 18.8 Å². The van der Waals surface area contributed by atoms with E-state index in [0.717, 1.165) is 48.9 Å². The van der Waals surface area contributed by atoms with Crippen LogP contribution in [0, 0.1) is 0 Å². The predicted molar refractivity (Wildman–Crippen MR) is 80.2 cm³/mol. The molecule has 0 radical (unpaired) electrons. The van der Waals surface area contributed by atoms with Gasteiger partial charge < -0.3 is 15.4 Å². The fraction of sp³-hybridized carbons (Fsp3) is 0.533. The molecule has 0 aromatic heterocycles. The van der Waals surface area contributed by atoms with Crippen molar-refractivity contribution in [1.29, 1.82) is 0 Å². The molecule has 19 heavy (non-hydrogen) atoms. The van der Waals surface area contributed by atoms with E-state index in [1.165, 1.54) is 0 Å². The van der Waals surface area contributed by atoms with Crippen LogP contribution in [0.25, 0.3) is 0 Å². The molecule has 2 rings (SSSR count). The van der Waals surface area contributed by atoms with Gasteiger partial charge in [0.2, 0.25) is 0 Å². The number of benzene rings is 1. The first kappa shape index (κ1) is 13.7. The van der Waals surface area contributed by atoms with Crippen LogP contribution >= 0.6 is 0 Å². The van der Waals surface area contributed by atoms with E-state index in [2.05, 4.69) is 25.7 Å². The van der Waals surface area contributed by atoms with Gasteiger partial charge in [-0.2, -0.15) is 0 Å². The Hall–Kier alpha value is -1.71. The van der Waals surface area contributed by atoms with Gasteiger partial charge in [-0.3, -0.25) is 0 Å². The number of aliphatic imine (C=N–C) groups is 1. The smallest absolute Gasteiger partial charge is 0.153 e. The zero-order valence-electron chi connectivity index (χ0n) is 12.0. The Morgan fingerprint density at radius 1 is 1.26 bits per heavy atom. The molecular formula is C15H23N3O. The summed E-state index contributed by atoms with van der Waals surface area (Å²) in [5.74, 6) is 1.83. The fourth-order valence-electron chi connectivity index (χ4n) is 2.39. The van der Waals surface area contributed by atoms with Crippen LogP contribution in [0.4, 0.5) is 11.4 Å². The van der Waals surface area contributed by atoms with Crippen LogP contribution in [-0.2, 0) is 0 Å². The third-order valence-corrected chi connectivity index (χ3v) is 3.20. The van der Waals surface area contributed by atoms with Crippen molar-refractivity contribution in [2.24, 2.45) is 4.99 Å². The maximum atomic E-state index is 5.95. The standard InChI is InChI=1S/C15H23N3O/c1-4-8-18(9-5-2)15-11(3)19-14-7-6-12(16)10-13(14)17-15/h6-7,10-11H,4-5,8-9,16H2,1-3H3. The van der Waals surface area contributed by atoms with Crippen LogP contribution in [0.5, 0.6) is 5.75 Å². The number of amidine groups is 1. The van der Waals surface area contributed by atoms with Crippen LogP contribution in [0.15, 0.2) is 23.2 Å². The molecule has 2 N–H and O–H groups in total. The summed E-state index contributed by atoms with van der Waals surface area (Å²) in [7, 11) is 0. The molecule has 1 heterocycles. The summed E-state index contributed by atoms with van der Waals surface area (Å²) >= 11 is 0. The quantitative estimate of drug-likeness (QED) is 0.847. The molecule has 4 heteroatoms. The second kappa shape index (κ2) is 5.95. The molecule has 0 amide bonds. The molecule has 0 saturated carbocycles. The minimum absolute atomic E-state index is 0.00535. The van der Waals surface area contributed by atoms with E-state index in [0.29, 0.717) is 0 Å². The normalized spacial score (nSPS) is 17.4. The summed E-state index contributed by atoms with van der Waals surface area (Å²) in [5.41, 5.74) is 7.38. The molecule has 0 fully saturated rings. The lowest BCUT2D eigenvalue weighted by Crippen LogP contribution is -2.42. The van der Waals surface area contributed by atoms with Crippen molar-refractivity contribution in [1.82, 2.24) is 4.90 Å². The molecule has 1 aromatic rings. The van der Waals surface area contributed by atoms with Crippen molar-refractivity contribution in [2.75, 3.05) is 18.8 Å². The minimum atomic E-state index is -0.00535. The molecule has 0 spiro atoms. The highest BCUT2D eigenvalue weighted by molar-refractivity contribution is 5.91. The van der Waals surface area contributed by atoms with E-state index in [1.807, 2.05) is 18.2 Å². The molecule has 1 aliphatic heterocycles. The highest BCUT2D eigenvalue weighted by atomic mass is 16.5. The van der Waals surface area contributed by atoms with E-state index < -0.39 is 0 Å². The number of rotatable bonds is 4. The van der Waals surface area contributed by atoms with Gasteiger partial charge in [-0.15, -0.1) is 0 Å². The van der Waals surface area contributed by atoms with Crippen LogP contribution in [-0.4, -0.2) is 29.9 Å². The maximum Gasteiger partial charge on any atom is 0.153 e. The molecule has 104 valence electrons. The molecule has 1 atom stereocenters. The Morgan fingerprint density at radius 2 is 1.95 bits per heavy atom.